The second kappa shape index (κ2) is 2.48. The van der Waals surface area contributed by atoms with Crippen LogP contribution < -0.4 is 16.2 Å². The number of benzene rings is 1. The van der Waals surface area contributed by atoms with Crippen molar-refractivity contribution in [3.63, 3.8) is 0 Å². The van der Waals surface area contributed by atoms with Crippen molar-refractivity contribution >= 4 is 23.1 Å². The van der Waals surface area contributed by atoms with E-state index in [-0.39, 0.29) is 5.43 Å². The first-order chi connectivity index (χ1) is 6.77. The van der Waals surface area contributed by atoms with Crippen LogP contribution in [0, 0.1) is 0 Å². The van der Waals surface area contributed by atoms with Gasteiger partial charge in [0.1, 0.15) is 5.69 Å². The summed E-state index contributed by atoms with van der Waals surface area (Å²) in [7, 11) is 0. The molecule has 1 heterocycles. The molecule has 1 aliphatic heterocycles. The lowest BCUT2D eigenvalue weighted by molar-refractivity contribution is 1.18. The number of hydrogen-bond donors (Lipinski definition) is 1. The zero-order chi connectivity index (χ0) is 9.71. The number of fused-ring (bicyclic) bond motifs is 2. The summed E-state index contributed by atoms with van der Waals surface area (Å²) in [4.78, 5) is 23.8. The van der Waals surface area contributed by atoms with Gasteiger partial charge < -0.3 is 5.32 Å². The van der Waals surface area contributed by atoms with Crippen molar-refractivity contribution in [1.82, 2.24) is 0 Å². The Labute approximate surface area is 83.5 Å². The van der Waals surface area contributed by atoms with Crippen LogP contribution in [0.2, 0.25) is 0 Å². The fraction of sp³-hybridized carbons (Fsp3) is 0. The van der Waals surface area contributed by atoms with Crippen LogP contribution in [-0.2, 0) is 0 Å². The van der Waals surface area contributed by atoms with Crippen LogP contribution in [0.5, 0.6) is 0 Å². The Bertz CT molecular complexity index is 543. The first-order valence-corrected chi connectivity index (χ1v) is 4.96. The molecule has 0 aromatic heterocycles. The summed E-state index contributed by atoms with van der Waals surface area (Å²) < 4.78 is 0. The third-order valence-corrected chi connectivity index (χ3v) is 3.39. The minimum absolute atomic E-state index is 0.369. The largest absolute Gasteiger partial charge is 0.350 e. The van der Waals surface area contributed by atoms with E-state index in [1.54, 1.807) is 0 Å². The van der Waals surface area contributed by atoms with E-state index in [0.717, 1.165) is 10.6 Å². The van der Waals surface area contributed by atoms with Gasteiger partial charge in [0.2, 0.25) is 5.43 Å². The van der Waals surface area contributed by atoms with Gasteiger partial charge in [0.15, 0.2) is 0 Å². The Kier molecular flexibility index (Phi) is 1.39. The van der Waals surface area contributed by atoms with Crippen LogP contribution in [0.25, 0.3) is 0 Å². The maximum Gasteiger partial charge on any atom is 0.251 e. The van der Waals surface area contributed by atoms with Gasteiger partial charge in [-0.3, -0.25) is 9.59 Å². The first kappa shape index (κ1) is 7.82. The molecular formula is C10H5NO2S. The zero-order valence-electron chi connectivity index (χ0n) is 7.03. The van der Waals surface area contributed by atoms with Gasteiger partial charge in [-0.05, 0) is 12.1 Å². The molecule has 14 heavy (non-hydrogen) atoms. The molecule has 0 spiro atoms. The Morgan fingerprint density at radius 2 is 1.86 bits per heavy atom. The van der Waals surface area contributed by atoms with E-state index in [2.05, 4.69) is 5.32 Å². The van der Waals surface area contributed by atoms with Crippen molar-refractivity contribution in [2.24, 2.45) is 0 Å². The molecule has 2 aromatic carbocycles. The lowest BCUT2D eigenvalue weighted by atomic mass is 10.2. The van der Waals surface area contributed by atoms with Gasteiger partial charge in [-0.25, -0.2) is 0 Å². The van der Waals surface area contributed by atoms with Crippen molar-refractivity contribution in [2.75, 3.05) is 5.32 Å². The van der Waals surface area contributed by atoms with Gasteiger partial charge in [0, 0.05) is 4.90 Å². The molecule has 1 aliphatic rings. The Morgan fingerprint density at radius 3 is 2.71 bits per heavy atom. The molecule has 0 atom stereocenters. The van der Waals surface area contributed by atoms with Gasteiger partial charge >= 0.3 is 0 Å². The van der Waals surface area contributed by atoms with Crippen LogP contribution >= 0.6 is 11.8 Å². The Hall–Kier alpha value is -1.55. The molecule has 1 N–H and O–H groups in total. The highest BCUT2D eigenvalue weighted by Crippen LogP contribution is 2.41. The number of hydrogen-bond acceptors (Lipinski definition) is 4. The van der Waals surface area contributed by atoms with Crippen molar-refractivity contribution in [3.05, 3.63) is 44.7 Å². The second-order valence-corrected chi connectivity index (χ2v) is 4.14. The summed E-state index contributed by atoms with van der Waals surface area (Å²) in [6.45, 7) is 0. The topological polar surface area (TPSA) is 46.2 Å². The average molecular weight is 203 g/mol. The molecule has 3 nitrogen and oxygen atoms in total. The number of rotatable bonds is 0. The highest BCUT2D eigenvalue weighted by Gasteiger charge is 2.26. The molecular weight excluding hydrogens is 198 g/mol. The molecule has 0 radical (unpaired) electrons. The van der Waals surface area contributed by atoms with Crippen molar-refractivity contribution in [2.45, 2.75) is 9.79 Å². The van der Waals surface area contributed by atoms with Gasteiger partial charge in [-0.15, -0.1) is 0 Å². The molecule has 0 saturated heterocycles. The third-order valence-electron chi connectivity index (χ3n) is 2.23. The van der Waals surface area contributed by atoms with Crippen LogP contribution in [0.3, 0.4) is 0 Å². The van der Waals surface area contributed by atoms with Crippen molar-refractivity contribution in [3.8, 4) is 0 Å². The van der Waals surface area contributed by atoms with Gasteiger partial charge in [-0.1, -0.05) is 23.9 Å². The summed E-state index contributed by atoms with van der Waals surface area (Å²) in [6, 6.07) is 7.61. The minimum atomic E-state index is -0.401. The Balaban J connectivity index is 2.19. The molecule has 0 saturated carbocycles. The molecule has 2 aromatic rings. The van der Waals surface area contributed by atoms with Gasteiger partial charge in [-0.2, -0.15) is 0 Å². The molecule has 0 fully saturated rings. The molecule has 0 aliphatic carbocycles. The van der Waals surface area contributed by atoms with E-state index < -0.39 is 5.43 Å². The summed E-state index contributed by atoms with van der Waals surface area (Å²) >= 11 is 1.37. The van der Waals surface area contributed by atoms with E-state index in [9.17, 15) is 9.59 Å². The monoisotopic (exact) mass is 203 g/mol. The van der Waals surface area contributed by atoms with Crippen LogP contribution in [0.4, 0.5) is 11.4 Å². The second-order valence-electron chi connectivity index (χ2n) is 3.09. The van der Waals surface area contributed by atoms with E-state index in [4.69, 9.17) is 0 Å². The molecule has 0 bridgehead atoms. The molecule has 4 heteroatoms. The summed E-state index contributed by atoms with van der Waals surface area (Å²) in [5.41, 5.74) is 0.588. The van der Waals surface area contributed by atoms with Crippen molar-refractivity contribution in [1.29, 1.82) is 0 Å². The van der Waals surface area contributed by atoms with E-state index >= 15 is 0 Å². The fourth-order valence-corrected chi connectivity index (χ4v) is 2.51. The number of anilines is 2. The van der Waals surface area contributed by atoms with E-state index in [0.29, 0.717) is 10.6 Å². The van der Waals surface area contributed by atoms with E-state index in [1.807, 2.05) is 24.3 Å². The fourth-order valence-electron chi connectivity index (χ4n) is 1.49. The van der Waals surface area contributed by atoms with Crippen LogP contribution in [0.1, 0.15) is 0 Å². The minimum Gasteiger partial charge on any atom is -0.350 e. The highest BCUT2D eigenvalue weighted by molar-refractivity contribution is 7.99. The quantitative estimate of drug-likeness (QED) is 0.562. The maximum absolute atomic E-state index is 11.1. The third kappa shape index (κ3) is 0.834. The van der Waals surface area contributed by atoms with Crippen LogP contribution in [-0.4, -0.2) is 0 Å². The lowest BCUT2D eigenvalue weighted by Crippen LogP contribution is -2.36. The summed E-state index contributed by atoms with van der Waals surface area (Å²) in [5, 5.41) is 2.96. The molecule has 0 amide bonds. The highest BCUT2D eigenvalue weighted by atomic mass is 32.2. The summed E-state index contributed by atoms with van der Waals surface area (Å²) in [5.74, 6) is 0. The van der Waals surface area contributed by atoms with Gasteiger partial charge in [0.25, 0.3) is 5.43 Å². The SMILES string of the molecule is O=c1c2c(c1=O)Sc1ccccc1N2. The lowest BCUT2D eigenvalue weighted by Gasteiger charge is -2.20. The van der Waals surface area contributed by atoms with Gasteiger partial charge in [0.05, 0.1) is 10.6 Å². The average Bonchev–Trinajstić information content (AvgIpc) is 2.26. The predicted octanol–water partition coefficient (Wildman–Crippen LogP) is 1.49. The maximum atomic E-state index is 11.1. The molecule has 0 unspecified atom stereocenters. The summed E-state index contributed by atoms with van der Waals surface area (Å²) in [6.07, 6.45) is 0. The van der Waals surface area contributed by atoms with E-state index in [1.165, 1.54) is 11.8 Å². The number of nitrogens with one attached hydrogen (secondary N) is 1. The Morgan fingerprint density at radius 1 is 1.07 bits per heavy atom. The smallest absolute Gasteiger partial charge is 0.251 e. The first-order valence-electron chi connectivity index (χ1n) is 4.14. The zero-order valence-corrected chi connectivity index (χ0v) is 7.85. The molecule has 3 rings (SSSR count). The normalized spacial score (nSPS) is 13.1. The number of para-hydroxylation sites is 1. The standard InChI is InChI=1S/C10H5NO2S/c12-8-7-10(9(8)13)14-6-4-2-1-3-5(6)11-7/h1-4,11H. The predicted molar refractivity (Wildman–Crippen MR) is 55.2 cm³/mol. The van der Waals surface area contributed by atoms with Crippen molar-refractivity contribution < 1.29 is 0 Å². The molecule has 68 valence electrons. The van der Waals surface area contributed by atoms with Crippen LogP contribution in [0.15, 0.2) is 43.6 Å².